The molecular formula is C24H28ClNO4. The predicted molar refractivity (Wildman–Crippen MR) is 118 cm³/mol. The van der Waals surface area contributed by atoms with Crippen molar-refractivity contribution in [2.45, 2.75) is 32.1 Å². The number of nitrogens with zero attached hydrogens (tertiary/aromatic N) is 1. The van der Waals surface area contributed by atoms with Crippen LogP contribution >= 0.6 is 11.6 Å². The Hall–Kier alpha value is -2.18. The van der Waals surface area contributed by atoms with Gasteiger partial charge in [0.15, 0.2) is 0 Å². The van der Waals surface area contributed by atoms with Crippen molar-refractivity contribution in [3.05, 3.63) is 76.3 Å². The lowest BCUT2D eigenvalue weighted by Crippen LogP contribution is -2.53. The van der Waals surface area contributed by atoms with Crippen LogP contribution in [0.5, 0.6) is 0 Å². The third-order valence-electron chi connectivity index (χ3n) is 5.51. The minimum Gasteiger partial charge on any atom is -0.466 e. The first-order chi connectivity index (χ1) is 14.3. The Labute approximate surface area is 182 Å². The number of benzene rings is 2. The number of carbonyl (C=O) groups excluding carboxylic acids is 1. The van der Waals surface area contributed by atoms with Crippen molar-refractivity contribution < 1.29 is 19.4 Å². The summed E-state index contributed by atoms with van der Waals surface area (Å²) in [7, 11) is 1.37. The summed E-state index contributed by atoms with van der Waals surface area (Å²) >= 11 is 6.09. The van der Waals surface area contributed by atoms with Crippen LogP contribution in [0.15, 0.2) is 54.6 Å². The van der Waals surface area contributed by atoms with E-state index in [9.17, 15) is 9.90 Å². The van der Waals surface area contributed by atoms with E-state index < -0.39 is 5.79 Å². The molecular weight excluding hydrogens is 402 g/mol. The van der Waals surface area contributed by atoms with Crippen LogP contribution in [0.3, 0.4) is 0 Å². The van der Waals surface area contributed by atoms with E-state index in [1.54, 1.807) is 12.1 Å². The highest BCUT2D eigenvalue weighted by Crippen LogP contribution is 2.30. The first-order valence-corrected chi connectivity index (χ1v) is 10.4. The molecule has 160 valence electrons. The van der Waals surface area contributed by atoms with E-state index in [1.807, 2.05) is 31.2 Å². The van der Waals surface area contributed by atoms with E-state index >= 15 is 0 Å². The number of halogens is 1. The van der Waals surface area contributed by atoms with E-state index in [2.05, 4.69) is 28.7 Å². The molecule has 0 spiro atoms. The second-order valence-electron chi connectivity index (χ2n) is 7.71. The molecule has 0 aliphatic carbocycles. The number of carbonyl (C=O) groups is 1. The van der Waals surface area contributed by atoms with Crippen molar-refractivity contribution in [2.75, 3.05) is 26.8 Å². The Balaban J connectivity index is 1.66. The molecule has 1 N–H and O–H groups in total. The molecule has 1 fully saturated rings. The zero-order chi connectivity index (χ0) is 21.7. The van der Waals surface area contributed by atoms with Gasteiger partial charge in [0.1, 0.15) is 0 Å². The molecule has 2 atom stereocenters. The fraction of sp³-hybridized carbons (Fsp3) is 0.375. The number of rotatable bonds is 6. The fourth-order valence-electron chi connectivity index (χ4n) is 3.71. The smallest absolute Gasteiger partial charge is 0.330 e. The molecule has 0 bridgehead atoms. The number of hydrogen-bond acceptors (Lipinski definition) is 5. The van der Waals surface area contributed by atoms with Crippen molar-refractivity contribution in [3.63, 3.8) is 0 Å². The Morgan fingerprint density at radius 1 is 1.33 bits per heavy atom. The Morgan fingerprint density at radius 2 is 2.07 bits per heavy atom. The fourth-order valence-corrected chi connectivity index (χ4v) is 3.90. The Morgan fingerprint density at radius 3 is 2.73 bits per heavy atom. The monoisotopic (exact) mass is 429 g/mol. The van der Waals surface area contributed by atoms with Gasteiger partial charge in [-0.25, -0.2) is 4.79 Å². The van der Waals surface area contributed by atoms with Gasteiger partial charge in [-0.1, -0.05) is 48.0 Å². The molecule has 0 saturated carbocycles. The number of aliphatic hydroxyl groups is 1. The van der Waals surface area contributed by atoms with E-state index in [4.69, 9.17) is 16.3 Å². The minimum atomic E-state index is -1.36. The summed E-state index contributed by atoms with van der Waals surface area (Å²) in [5.41, 5.74) is 3.71. The molecule has 5 nitrogen and oxygen atoms in total. The van der Waals surface area contributed by atoms with Crippen molar-refractivity contribution in [2.24, 2.45) is 0 Å². The van der Waals surface area contributed by atoms with Crippen molar-refractivity contribution >= 4 is 23.1 Å². The number of ether oxygens (including phenoxy) is 2. The molecule has 1 aliphatic heterocycles. The summed E-state index contributed by atoms with van der Waals surface area (Å²) in [4.78, 5) is 13.7. The van der Waals surface area contributed by atoms with E-state index in [0.29, 0.717) is 23.7 Å². The third-order valence-corrected chi connectivity index (χ3v) is 5.75. The largest absolute Gasteiger partial charge is 0.466 e. The van der Waals surface area contributed by atoms with E-state index in [1.165, 1.54) is 18.7 Å². The van der Waals surface area contributed by atoms with Crippen LogP contribution in [0.4, 0.5) is 0 Å². The van der Waals surface area contributed by atoms with Crippen LogP contribution in [-0.2, 0) is 26.5 Å². The van der Waals surface area contributed by atoms with Gasteiger partial charge < -0.3 is 14.6 Å². The summed E-state index contributed by atoms with van der Waals surface area (Å²) in [6.45, 7) is 5.62. The second-order valence-corrected chi connectivity index (χ2v) is 8.15. The minimum absolute atomic E-state index is 0.220. The second kappa shape index (κ2) is 9.75. The molecule has 1 aliphatic rings. The molecule has 1 heterocycles. The van der Waals surface area contributed by atoms with E-state index in [0.717, 1.165) is 24.1 Å². The van der Waals surface area contributed by atoms with Crippen LogP contribution in [0.1, 0.15) is 30.5 Å². The van der Waals surface area contributed by atoms with Gasteiger partial charge in [-0.15, -0.1) is 0 Å². The summed E-state index contributed by atoms with van der Waals surface area (Å²) in [5, 5.41) is 11.7. The molecule has 6 heteroatoms. The first-order valence-electron chi connectivity index (χ1n) is 10.0. The normalized spacial score (nSPS) is 21.3. The lowest BCUT2D eigenvalue weighted by Gasteiger charge is -2.42. The number of methoxy groups -OCH3 is 1. The number of β-amino-alcohol motifs (C(OH)–C–C–N with tert-alkyl or cyclic N) is 1. The van der Waals surface area contributed by atoms with Crippen molar-refractivity contribution in [1.82, 2.24) is 4.90 Å². The summed E-state index contributed by atoms with van der Waals surface area (Å²) in [6.07, 6.45) is 2.33. The van der Waals surface area contributed by atoms with Crippen LogP contribution < -0.4 is 0 Å². The number of hydrogen-bond donors (Lipinski definition) is 1. The molecule has 0 aromatic heterocycles. The quantitative estimate of drug-likeness (QED) is 0.555. The average Bonchev–Trinajstić information content (AvgIpc) is 2.74. The lowest BCUT2D eigenvalue weighted by molar-refractivity contribution is -0.251. The molecule has 0 amide bonds. The lowest BCUT2D eigenvalue weighted by atomic mass is 9.99. The summed E-state index contributed by atoms with van der Waals surface area (Å²) < 4.78 is 10.4. The van der Waals surface area contributed by atoms with Gasteiger partial charge >= 0.3 is 5.97 Å². The summed E-state index contributed by atoms with van der Waals surface area (Å²) in [5.74, 6) is -1.72. The number of allylic oxidation sites excluding steroid dienone is 1. The van der Waals surface area contributed by atoms with Crippen LogP contribution in [-0.4, -0.2) is 48.8 Å². The molecule has 3 rings (SSSR count). The Bertz CT molecular complexity index is 912. The molecule has 2 unspecified atom stereocenters. The maximum Gasteiger partial charge on any atom is 0.330 e. The maximum atomic E-state index is 11.4. The van der Waals surface area contributed by atoms with E-state index in [-0.39, 0.29) is 12.0 Å². The van der Waals surface area contributed by atoms with Gasteiger partial charge in [0.05, 0.1) is 20.3 Å². The van der Waals surface area contributed by atoms with Gasteiger partial charge in [0.25, 0.3) is 0 Å². The molecule has 1 saturated heterocycles. The van der Waals surface area contributed by atoms with Gasteiger partial charge in [-0.3, -0.25) is 4.90 Å². The van der Waals surface area contributed by atoms with Crippen molar-refractivity contribution in [1.29, 1.82) is 0 Å². The SMILES string of the molecule is COC(=O)C=C(C)c1ccc(CC(C)N2CCOC(O)(c3cccc(Cl)c3)C2)cc1. The number of morpholine rings is 1. The zero-order valence-corrected chi connectivity index (χ0v) is 18.4. The van der Waals surface area contributed by atoms with Crippen molar-refractivity contribution in [3.8, 4) is 0 Å². The molecule has 2 aromatic carbocycles. The van der Waals surface area contributed by atoms with Crippen LogP contribution in [0.25, 0.3) is 5.57 Å². The standard InChI is InChI=1S/C24H28ClNO4/c1-17(13-23(27)29-3)20-9-7-19(8-10-20)14-18(2)26-11-12-30-24(28,16-26)21-5-4-6-22(25)15-21/h4-10,13,15,18,28H,11-12,14,16H2,1-3H3. The predicted octanol–water partition coefficient (Wildman–Crippen LogP) is 4.02. The highest BCUT2D eigenvalue weighted by atomic mass is 35.5. The highest BCUT2D eigenvalue weighted by molar-refractivity contribution is 6.30. The van der Waals surface area contributed by atoms with Gasteiger partial charge in [-0.2, -0.15) is 0 Å². The molecule has 30 heavy (non-hydrogen) atoms. The highest BCUT2D eigenvalue weighted by Gasteiger charge is 2.37. The van der Waals surface area contributed by atoms with Gasteiger partial charge in [0.2, 0.25) is 5.79 Å². The van der Waals surface area contributed by atoms with Crippen LogP contribution in [0.2, 0.25) is 5.02 Å². The third kappa shape index (κ3) is 5.49. The average molecular weight is 430 g/mol. The van der Waals surface area contributed by atoms with Gasteiger partial charge in [0, 0.05) is 29.2 Å². The topological polar surface area (TPSA) is 59.0 Å². The van der Waals surface area contributed by atoms with Gasteiger partial charge in [-0.05, 0) is 49.1 Å². The summed E-state index contributed by atoms with van der Waals surface area (Å²) in [6, 6.07) is 15.6. The molecule has 2 aromatic rings. The first kappa shape index (κ1) is 22.5. The number of esters is 1. The zero-order valence-electron chi connectivity index (χ0n) is 17.6. The maximum absolute atomic E-state index is 11.4. The molecule has 0 radical (unpaired) electrons. The van der Waals surface area contributed by atoms with Crippen LogP contribution in [0, 0.1) is 0 Å². The Kier molecular flexibility index (Phi) is 7.32.